The molecule has 2 fully saturated rings. The standard InChI is InChI=1S/C29H27ClFN7O3/c1-32-19-7-18(30)23(31)21-22-25(38-5-4-13-10-36(2)12-20(13)38)16(9-33-27(22)35-24(19)21)14-6-15-26(39)17(29(40)41)11-37(3)28(15)34-8-14/h6-9,11,13,20,32H,4-5,10,12H2,1-3H3,(H,33,35)(H,40,41)/t13-,20+/m0/s1. The molecule has 2 aliphatic heterocycles. The van der Waals surface area contributed by atoms with Crippen LogP contribution in [0.25, 0.3) is 44.1 Å². The predicted molar refractivity (Wildman–Crippen MR) is 158 cm³/mol. The minimum absolute atomic E-state index is 0.00364. The number of benzene rings is 1. The molecule has 6 heterocycles. The number of hydrogen-bond acceptors (Lipinski definition) is 7. The van der Waals surface area contributed by atoms with Crippen molar-refractivity contribution >= 4 is 61.9 Å². The van der Waals surface area contributed by atoms with Crippen molar-refractivity contribution in [3.63, 3.8) is 0 Å². The molecule has 41 heavy (non-hydrogen) atoms. The summed E-state index contributed by atoms with van der Waals surface area (Å²) in [4.78, 5) is 42.2. The fourth-order valence-corrected chi connectivity index (χ4v) is 6.97. The van der Waals surface area contributed by atoms with Crippen molar-refractivity contribution in [1.82, 2.24) is 24.4 Å². The first-order chi connectivity index (χ1) is 19.7. The lowest BCUT2D eigenvalue weighted by Crippen LogP contribution is -2.35. The molecule has 210 valence electrons. The highest BCUT2D eigenvalue weighted by atomic mass is 35.5. The summed E-state index contributed by atoms with van der Waals surface area (Å²) in [6.45, 7) is 2.61. The highest BCUT2D eigenvalue weighted by Gasteiger charge is 2.42. The van der Waals surface area contributed by atoms with E-state index in [1.54, 1.807) is 38.6 Å². The molecule has 0 spiro atoms. The molecule has 7 rings (SSSR count). The summed E-state index contributed by atoms with van der Waals surface area (Å²) in [5, 5.41) is 13.8. The van der Waals surface area contributed by atoms with E-state index >= 15 is 4.39 Å². The van der Waals surface area contributed by atoms with Gasteiger partial charge in [0.2, 0.25) is 5.43 Å². The third-order valence-electron chi connectivity index (χ3n) is 8.61. The van der Waals surface area contributed by atoms with Crippen LogP contribution < -0.4 is 15.6 Å². The molecule has 0 unspecified atom stereocenters. The van der Waals surface area contributed by atoms with Crippen molar-refractivity contribution in [2.75, 3.05) is 43.9 Å². The third-order valence-corrected chi connectivity index (χ3v) is 8.88. The van der Waals surface area contributed by atoms with Crippen LogP contribution in [0.2, 0.25) is 5.02 Å². The van der Waals surface area contributed by atoms with E-state index in [1.807, 2.05) is 0 Å². The number of aryl methyl sites for hydroxylation is 1. The van der Waals surface area contributed by atoms with Crippen LogP contribution in [-0.2, 0) is 7.05 Å². The van der Waals surface area contributed by atoms with Gasteiger partial charge in [0.1, 0.15) is 16.9 Å². The summed E-state index contributed by atoms with van der Waals surface area (Å²) in [5.74, 6) is -1.38. The Kier molecular flexibility index (Phi) is 5.74. The van der Waals surface area contributed by atoms with Gasteiger partial charge >= 0.3 is 5.97 Å². The monoisotopic (exact) mass is 575 g/mol. The van der Waals surface area contributed by atoms with E-state index in [-0.39, 0.29) is 22.0 Å². The van der Waals surface area contributed by atoms with Crippen molar-refractivity contribution in [1.29, 1.82) is 0 Å². The van der Waals surface area contributed by atoms with Crippen LogP contribution in [0.3, 0.4) is 0 Å². The van der Waals surface area contributed by atoms with Crippen LogP contribution >= 0.6 is 11.6 Å². The number of carboxylic acids is 1. The van der Waals surface area contributed by atoms with Gasteiger partial charge in [-0.3, -0.25) is 4.79 Å². The van der Waals surface area contributed by atoms with Gasteiger partial charge in [-0.05, 0) is 31.5 Å². The lowest BCUT2D eigenvalue weighted by Gasteiger charge is -2.29. The van der Waals surface area contributed by atoms with Gasteiger partial charge in [0.15, 0.2) is 5.82 Å². The predicted octanol–water partition coefficient (Wildman–Crippen LogP) is 4.30. The van der Waals surface area contributed by atoms with Gasteiger partial charge in [0, 0.05) is 69.5 Å². The van der Waals surface area contributed by atoms with Crippen molar-refractivity contribution in [3.05, 3.63) is 57.3 Å². The topological polar surface area (TPSA) is 119 Å². The van der Waals surface area contributed by atoms with E-state index in [9.17, 15) is 14.7 Å². The number of fused-ring (bicyclic) bond motifs is 5. The number of nitrogens with zero attached hydrogens (tertiary/aromatic N) is 5. The summed E-state index contributed by atoms with van der Waals surface area (Å²) in [5.41, 5.74) is 3.19. The third kappa shape index (κ3) is 3.72. The number of carboxylic acid groups (broad SMARTS) is 1. The van der Waals surface area contributed by atoms with Crippen molar-refractivity contribution < 1.29 is 14.3 Å². The van der Waals surface area contributed by atoms with E-state index in [2.05, 4.69) is 32.1 Å². The van der Waals surface area contributed by atoms with Gasteiger partial charge < -0.3 is 29.8 Å². The number of aromatic carboxylic acids is 1. The lowest BCUT2D eigenvalue weighted by atomic mass is 9.99. The number of H-pyrrole nitrogens is 1. The molecule has 0 amide bonds. The largest absolute Gasteiger partial charge is 0.477 e. The molecule has 2 aliphatic rings. The lowest BCUT2D eigenvalue weighted by molar-refractivity contribution is 0.0695. The highest BCUT2D eigenvalue weighted by Crippen LogP contribution is 2.47. The van der Waals surface area contributed by atoms with Crippen LogP contribution in [0.1, 0.15) is 16.8 Å². The highest BCUT2D eigenvalue weighted by molar-refractivity contribution is 6.33. The normalized spacial score (nSPS) is 19.1. The number of anilines is 2. The molecule has 0 aliphatic carbocycles. The maximum Gasteiger partial charge on any atom is 0.341 e. The van der Waals surface area contributed by atoms with E-state index in [0.717, 1.165) is 31.7 Å². The van der Waals surface area contributed by atoms with Crippen molar-refractivity contribution in [3.8, 4) is 11.1 Å². The molecular formula is C29H27ClFN7O3. The first-order valence-electron chi connectivity index (χ1n) is 13.4. The molecule has 5 aromatic rings. The number of aromatic nitrogens is 4. The number of rotatable bonds is 4. The van der Waals surface area contributed by atoms with Crippen LogP contribution in [0.4, 0.5) is 15.8 Å². The van der Waals surface area contributed by atoms with E-state index in [4.69, 9.17) is 16.6 Å². The summed E-state index contributed by atoms with van der Waals surface area (Å²) >= 11 is 6.38. The number of likely N-dealkylation sites (tertiary alicyclic amines) is 1. The maximum atomic E-state index is 15.9. The van der Waals surface area contributed by atoms with Gasteiger partial charge in [-0.2, -0.15) is 0 Å². The molecule has 0 bridgehead atoms. The van der Waals surface area contributed by atoms with Crippen molar-refractivity contribution in [2.45, 2.75) is 12.5 Å². The first-order valence-corrected chi connectivity index (χ1v) is 13.7. The maximum absolute atomic E-state index is 15.9. The summed E-state index contributed by atoms with van der Waals surface area (Å²) in [6.07, 6.45) is 5.63. The van der Waals surface area contributed by atoms with E-state index in [0.29, 0.717) is 50.3 Å². The Morgan fingerprint density at radius 1 is 1.20 bits per heavy atom. The number of hydrogen-bond donors (Lipinski definition) is 3. The van der Waals surface area contributed by atoms with Gasteiger partial charge in [-0.25, -0.2) is 19.2 Å². The molecule has 2 saturated heterocycles. The van der Waals surface area contributed by atoms with Gasteiger partial charge in [-0.15, -0.1) is 0 Å². The molecule has 0 saturated carbocycles. The Hall–Kier alpha value is -4.22. The Morgan fingerprint density at radius 3 is 2.76 bits per heavy atom. The van der Waals surface area contributed by atoms with Gasteiger partial charge in [-0.1, -0.05) is 11.6 Å². The smallest absolute Gasteiger partial charge is 0.341 e. The molecule has 12 heteroatoms. The van der Waals surface area contributed by atoms with Gasteiger partial charge in [0.05, 0.1) is 38.1 Å². The number of halogens is 2. The molecule has 3 N–H and O–H groups in total. The van der Waals surface area contributed by atoms with Crippen LogP contribution in [-0.4, -0.2) is 75.3 Å². The molecular weight excluding hydrogens is 549 g/mol. The minimum atomic E-state index is -1.30. The summed E-state index contributed by atoms with van der Waals surface area (Å²) in [6, 6.07) is 3.42. The second-order valence-electron chi connectivity index (χ2n) is 11.0. The Bertz CT molecular complexity index is 1990. The molecule has 4 aromatic heterocycles. The summed E-state index contributed by atoms with van der Waals surface area (Å²) in [7, 11) is 5.51. The zero-order chi connectivity index (χ0) is 28.7. The first kappa shape index (κ1) is 25.7. The second-order valence-corrected chi connectivity index (χ2v) is 11.4. The van der Waals surface area contributed by atoms with Crippen molar-refractivity contribution in [2.24, 2.45) is 13.0 Å². The zero-order valence-electron chi connectivity index (χ0n) is 22.6. The molecule has 1 aromatic carbocycles. The number of pyridine rings is 3. The Morgan fingerprint density at radius 2 is 2.00 bits per heavy atom. The minimum Gasteiger partial charge on any atom is -0.477 e. The SMILES string of the molecule is CNc1cc(Cl)c(F)c2c1[nH]c1ncc(-c3cnc4c(c3)c(=O)c(C(=O)O)cn4C)c(N3CC[C@H]4CN(C)C[C@H]43)c12. The fourth-order valence-electron chi connectivity index (χ4n) is 6.76. The summed E-state index contributed by atoms with van der Waals surface area (Å²) < 4.78 is 17.4. The molecule has 10 nitrogen and oxygen atoms in total. The van der Waals surface area contributed by atoms with E-state index in [1.165, 1.54) is 10.8 Å². The Labute approximate surface area is 238 Å². The average Bonchev–Trinajstić information content (AvgIpc) is 3.64. The average molecular weight is 576 g/mol. The van der Waals surface area contributed by atoms with Gasteiger partial charge in [0.25, 0.3) is 0 Å². The van der Waals surface area contributed by atoms with E-state index < -0.39 is 17.2 Å². The number of aromatic amines is 1. The number of nitrogens with one attached hydrogen (secondary N) is 2. The number of carbonyl (C=O) groups is 1. The van der Waals surface area contributed by atoms with Crippen LogP contribution in [0, 0.1) is 11.7 Å². The zero-order valence-corrected chi connectivity index (χ0v) is 23.4. The second kappa shape index (κ2) is 9.15. The fraction of sp³-hybridized carbons (Fsp3) is 0.310. The van der Waals surface area contributed by atoms with Crippen LogP contribution in [0.5, 0.6) is 0 Å². The number of likely N-dealkylation sites (N-methyl/N-ethyl adjacent to an activating group) is 1. The Balaban J connectivity index is 1.57. The molecule has 0 radical (unpaired) electrons. The molecule has 2 atom stereocenters. The van der Waals surface area contributed by atoms with Crippen LogP contribution in [0.15, 0.2) is 35.5 Å². The quantitative estimate of drug-likeness (QED) is 0.290.